The van der Waals surface area contributed by atoms with E-state index in [1.54, 1.807) is 30.3 Å². The largest absolute Gasteiger partial charge is 0.394 e. The summed E-state index contributed by atoms with van der Waals surface area (Å²) >= 11 is 0. The summed E-state index contributed by atoms with van der Waals surface area (Å²) in [5.74, 6) is 3.93. The highest BCUT2D eigenvalue weighted by molar-refractivity contribution is 6.31. The molecule has 3 rings (SSSR count). The molecule has 0 aliphatic carbocycles. The van der Waals surface area contributed by atoms with Gasteiger partial charge >= 0.3 is 0 Å². The van der Waals surface area contributed by atoms with Gasteiger partial charge in [-0.05, 0) is 29.0 Å². The van der Waals surface area contributed by atoms with Gasteiger partial charge in [0.15, 0.2) is 0 Å². The van der Waals surface area contributed by atoms with Gasteiger partial charge in [-0.15, -0.1) is 0 Å². The number of aliphatic hydroxyl groups is 2. The molecule has 1 aliphatic rings. The van der Waals surface area contributed by atoms with Gasteiger partial charge < -0.3 is 26.3 Å². The number of aromatic nitrogens is 1. The van der Waals surface area contributed by atoms with Crippen LogP contribution in [0.25, 0.3) is 11.1 Å². The number of hydrogen-bond donors (Lipinski definition) is 4. The van der Waals surface area contributed by atoms with Gasteiger partial charge in [-0.1, -0.05) is 52.0 Å². The molecule has 1 aliphatic heterocycles. The van der Waals surface area contributed by atoms with Crippen LogP contribution in [0.3, 0.4) is 0 Å². The lowest BCUT2D eigenvalue weighted by atomic mass is 10.0. The quantitative estimate of drug-likeness (QED) is 0.206. The molecule has 2 heterocycles. The summed E-state index contributed by atoms with van der Waals surface area (Å²) in [4.78, 5) is 36.4. The van der Waals surface area contributed by atoms with Crippen molar-refractivity contribution in [2.24, 2.45) is 27.8 Å². The minimum Gasteiger partial charge on any atom is -0.394 e. The number of halogens is 1. The zero-order valence-electron chi connectivity index (χ0n) is 22.7. The van der Waals surface area contributed by atoms with Crippen LogP contribution in [0.4, 0.5) is 4.39 Å². The highest BCUT2D eigenvalue weighted by Crippen LogP contribution is 2.26. The lowest BCUT2D eigenvalue weighted by Crippen LogP contribution is -2.50. The maximum atomic E-state index is 14.1. The molecule has 0 bridgehead atoms. The zero-order chi connectivity index (χ0) is 28.7. The molecule has 39 heavy (non-hydrogen) atoms. The lowest BCUT2D eigenvalue weighted by molar-refractivity contribution is -0.140. The summed E-state index contributed by atoms with van der Waals surface area (Å²) in [5.41, 5.74) is 2.15. The number of nitrogens with one attached hydrogen (secondary N) is 1. The second kappa shape index (κ2) is 13.4. The molecule has 11 heteroatoms. The maximum absolute atomic E-state index is 14.1. The van der Waals surface area contributed by atoms with E-state index in [1.165, 1.54) is 17.3 Å². The number of aliphatic hydroxyl groups excluding tert-OH is 2. The minimum absolute atomic E-state index is 0.00629. The monoisotopic (exact) mass is 540 g/mol. The normalized spacial score (nSPS) is 19.6. The number of nitrogens with zero attached hydrogens (tertiary/aromatic N) is 4. The van der Waals surface area contributed by atoms with Crippen LogP contribution in [0.2, 0.25) is 0 Å². The van der Waals surface area contributed by atoms with Crippen molar-refractivity contribution in [1.82, 2.24) is 15.2 Å². The maximum Gasteiger partial charge on any atom is 0.248 e. The van der Waals surface area contributed by atoms with E-state index in [4.69, 9.17) is 5.84 Å². The Hall–Kier alpha value is -3.70. The molecule has 0 unspecified atom stereocenters. The van der Waals surface area contributed by atoms with Crippen molar-refractivity contribution >= 4 is 23.7 Å². The van der Waals surface area contributed by atoms with E-state index in [2.05, 4.69) is 20.4 Å². The second-order valence-electron chi connectivity index (χ2n) is 10.3. The number of carbonyl (C=O) groups excluding carboxylic acids is 2. The fourth-order valence-electron chi connectivity index (χ4n) is 4.49. The molecule has 10 nitrogen and oxygen atoms in total. The van der Waals surface area contributed by atoms with Gasteiger partial charge in [0, 0.05) is 30.9 Å². The number of amides is 2. The first kappa shape index (κ1) is 29.9. The number of likely N-dealkylation sites (tertiary alicyclic amines) is 1. The smallest absolute Gasteiger partial charge is 0.248 e. The van der Waals surface area contributed by atoms with Gasteiger partial charge in [-0.3, -0.25) is 19.6 Å². The second-order valence-corrected chi connectivity index (χ2v) is 10.3. The average molecular weight is 541 g/mol. The number of pyridine rings is 1. The Bertz CT molecular complexity index is 1200. The fraction of sp³-hybridized carbons (Fsp3) is 0.464. The average Bonchev–Trinajstić information content (AvgIpc) is 3.31. The van der Waals surface area contributed by atoms with Gasteiger partial charge in [0.25, 0.3) is 0 Å². The third kappa shape index (κ3) is 7.24. The van der Waals surface area contributed by atoms with Crippen LogP contribution in [0.5, 0.6) is 0 Å². The Balaban J connectivity index is 1.77. The van der Waals surface area contributed by atoms with Crippen LogP contribution >= 0.6 is 0 Å². The Kier molecular flexibility index (Phi) is 10.2. The van der Waals surface area contributed by atoms with Crippen LogP contribution in [-0.2, 0) is 9.59 Å². The van der Waals surface area contributed by atoms with Crippen LogP contribution < -0.4 is 11.2 Å². The van der Waals surface area contributed by atoms with Crippen LogP contribution in [0.15, 0.2) is 52.8 Å². The van der Waals surface area contributed by atoms with Crippen molar-refractivity contribution in [3.05, 3.63) is 54.1 Å². The van der Waals surface area contributed by atoms with E-state index in [0.29, 0.717) is 22.4 Å². The predicted octanol–water partition coefficient (Wildman–Crippen LogP) is 2.07. The molecule has 210 valence electrons. The Labute approximate surface area is 227 Å². The Morgan fingerprint density at radius 3 is 2.49 bits per heavy atom. The summed E-state index contributed by atoms with van der Waals surface area (Å²) in [6.45, 7) is 7.10. The van der Waals surface area contributed by atoms with Crippen LogP contribution in [0, 0.1) is 17.7 Å². The van der Waals surface area contributed by atoms with E-state index in [9.17, 15) is 24.2 Å². The number of rotatable bonds is 10. The van der Waals surface area contributed by atoms with Gasteiger partial charge in [0.2, 0.25) is 11.8 Å². The Morgan fingerprint density at radius 1 is 1.23 bits per heavy atom. The standard InChI is InChI=1S/C28H37FN6O4/c1-16(2)23(34-30)13-32-26(17(3)4)28(39)35-14-20(37)11-25(35)27(38)33-24(15-36)19-7-5-18(6-8-19)21-9-10-31-12-22(21)29/h5-10,12-13,16-17,20,24-26,36-37H,11,14-15,30H2,1-4H3,(H,33,38)/t20-,24+,25+,26+/m1/s1. The fourth-order valence-corrected chi connectivity index (χ4v) is 4.49. The van der Waals surface area contributed by atoms with Crippen molar-refractivity contribution in [2.45, 2.75) is 58.3 Å². The van der Waals surface area contributed by atoms with E-state index in [1.807, 2.05) is 27.7 Å². The van der Waals surface area contributed by atoms with Gasteiger partial charge in [-0.25, -0.2) is 4.39 Å². The number of carbonyl (C=O) groups is 2. The lowest BCUT2D eigenvalue weighted by Gasteiger charge is -2.29. The summed E-state index contributed by atoms with van der Waals surface area (Å²) in [6.07, 6.45) is 3.30. The molecule has 0 saturated carbocycles. The molecular weight excluding hydrogens is 503 g/mol. The highest BCUT2D eigenvalue weighted by atomic mass is 19.1. The topological polar surface area (TPSA) is 154 Å². The predicted molar refractivity (Wildman–Crippen MR) is 147 cm³/mol. The molecule has 1 fully saturated rings. The molecule has 2 amide bonds. The molecule has 5 N–H and O–H groups in total. The molecule has 1 aromatic carbocycles. The van der Waals surface area contributed by atoms with Gasteiger partial charge in [0.05, 0.1) is 30.7 Å². The SMILES string of the molecule is CC(C)C(C=N[C@H](C(=O)N1C[C@H](O)C[C@H]1C(=O)N[C@@H](CO)c1ccc(-c2ccncc2F)cc1)C(C)C)=NN. The van der Waals surface area contributed by atoms with Crippen molar-refractivity contribution in [1.29, 1.82) is 0 Å². The van der Waals surface area contributed by atoms with Crippen molar-refractivity contribution in [3.8, 4) is 11.1 Å². The van der Waals surface area contributed by atoms with E-state index in [-0.39, 0.29) is 30.7 Å². The molecule has 0 radical (unpaired) electrons. The summed E-state index contributed by atoms with van der Waals surface area (Å²) < 4.78 is 14.1. The van der Waals surface area contributed by atoms with Gasteiger partial charge in [-0.2, -0.15) is 5.10 Å². The number of hydrogen-bond acceptors (Lipinski definition) is 8. The number of aliphatic imine (C=N–C) groups is 1. The van der Waals surface area contributed by atoms with Crippen LogP contribution in [0.1, 0.15) is 45.7 Å². The summed E-state index contributed by atoms with van der Waals surface area (Å²) in [6, 6.07) is 5.84. The molecular formula is C28H37FN6O4. The van der Waals surface area contributed by atoms with Crippen molar-refractivity contribution in [2.75, 3.05) is 13.2 Å². The number of β-amino-alcohol motifs (C(OH)–C–C–N with tert-alkyl or cyclic N) is 1. The first-order valence-corrected chi connectivity index (χ1v) is 13.0. The van der Waals surface area contributed by atoms with Crippen LogP contribution in [-0.4, -0.2) is 75.2 Å². The summed E-state index contributed by atoms with van der Waals surface area (Å²) in [7, 11) is 0. The highest BCUT2D eigenvalue weighted by Gasteiger charge is 2.42. The van der Waals surface area contributed by atoms with Gasteiger partial charge in [0.1, 0.15) is 17.9 Å². The molecule has 1 saturated heterocycles. The van der Waals surface area contributed by atoms with Crippen molar-refractivity contribution < 1.29 is 24.2 Å². The first-order chi connectivity index (χ1) is 18.6. The molecule has 1 aromatic heterocycles. The zero-order valence-corrected chi connectivity index (χ0v) is 22.7. The number of benzene rings is 1. The van der Waals surface area contributed by atoms with E-state index in [0.717, 1.165) is 6.20 Å². The minimum atomic E-state index is -0.934. The molecule has 4 atom stereocenters. The van der Waals surface area contributed by atoms with E-state index < -0.39 is 42.6 Å². The molecule has 2 aromatic rings. The van der Waals surface area contributed by atoms with E-state index >= 15 is 0 Å². The van der Waals surface area contributed by atoms with Crippen molar-refractivity contribution in [3.63, 3.8) is 0 Å². The number of hydrazone groups is 1. The molecule has 0 spiro atoms. The first-order valence-electron chi connectivity index (χ1n) is 13.0. The summed E-state index contributed by atoms with van der Waals surface area (Å²) in [5, 5.41) is 26.9. The third-order valence-corrected chi connectivity index (χ3v) is 6.75. The Morgan fingerprint density at radius 2 is 1.92 bits per heavy atom. The third-order valence-electron chi connectivity index (χ3n) is 6.75. The number of nitrogens with two attached hydrogens (primary N) is 1.